The lowest BCUT2D eigenvalue weighted by Gasteiger charge is -2.15. The fraction of sp³-hybridized carbons (Fsp3) is 0.333. The minimum absolute atomic E-state index is 0.415. The predicted molar refractivity (Wildman–Crippen MR) is 73.0 cm³/mol. The standard InChI is InChI=1S/C15H17N3O/c1-4-11-5-6-14(19-3)12(9-11)13(10-16)15-17-7-8-18(15)2/h5-9,13H,4H2,1-3H3. The minimum atomic E-state index is -0.415. The van der Waals surface area contributed by atoms with Gasteiger partial charge in [0.15, 0.2) is 0 Å². The summed E-state index contributed by atoms with van der Waals surface area (Å²) < 4.78 is 7.24. The van der Waals surface area contributed by atoms with Crippen molar-refractivity contribution in [1.82, 2.24) is 9.55 Å². The minimum Gasteiger partial charge on any atom is -0.496 e. The Morgan fingerprint density at radius 1 is 1.47 bits per heavy atom. The molecule has 0 saturated heterocycles. The second-order valence-electron chi connectivity index (χ2n) is 4.39. The summed E-state index contributed by atoms with van der Waals surface area (Å²) in [6.45, 7) is 2.09. The first-order valence-corrected chi connectivity index (χ1v) is 6.24. The molecule has 1 unspecified atom stereocenters. The third-order valence-corrected chi connectivity index (χ3v) is 3.26. The van der Waals surface area contributed by atoms with E-state index >= 15 is 0 Å². The Morgan fingerprint density at radius 3 is 2.79 bits per heavy atom. The highest BCUT2D eigenvalue weighted by atomic mass is 16.5. The number of benzene rings is 1. The maximum absolute atomic E-state index is 9.50. The second kappa shape index (κ2) is 5.57. The van der Waals surface area contributed by atoms with E-state index in [9.17, 15) is 5.26 Å². The predicted octanol–water partition coefficient (Wildman–Crippen LogP) is 2.65. The zero-order chi connectivity index (χ0) is 13.8. The summed E-state index contributed by atoms with van der Waals surface area (Å²) >= 11 is 0. The Balaban J connectivity index is 2.55. The number of nitrogens with zero attached hydrogens (tertiary/aromatic N) is 3. The molecule has 0 radical (unpaired) electrons. The number of aryl methyl sites for hydroxylation is 2. The third-order valence-electron chi connectivity index (χ3n) is 3.26. The van der Waals surface area contributed by atoms with Crippen molar-refractivity contribution >= 4 is 0 Å². The lowest BCUT2D eigenvalue weighted by Crippen LogP contribution is -2.08. The molecule has 0 N–H and O–H groups in total. The molecule has 0 amide bonds. The van der Waals surface area contributed by atoms with E-state index in [1.807, 2.05) is 36.0 Å². The zero-order valence-electron chi connectivity index (χ0n) is 11.4. The molecule has 0 aliphatic carbocycles. The van der Waals surface area contributed by atoms with Gasteiger partial charge in [-0.05, 0) is 18.1 Å². The van der Waals surface area contributed by atoms with Crippen LogP contribution in [0.3, 0.4) is 0 Å². The molecule has 2 aromatic rings. The van der Waals surface area contributed by atoms with E-state index in [-0.39, 0.29) is 0 Å². The highest BCUT2D eigenvalue weighted by Crippen LogP contribution is 2.31. The van der Waals surface area contributed by atoms with Gasteiger partial charge in [0.05, 0.1) is 13.2 Å². The van der Waals surface area contributed by atoms with Crippen molar-refractivity contribution in [3.05, 3.63) is 47.5 Å². The van der Waals surface area contributed by atoms with E-state index in [0.717, 1.165) is 23.6 Å². The van der Waals surface area contributed by atoms with Crippen molar-refractivity contribution < 1.29 is 4.74 Å². The fourth-order valence-corrected chi connectivity index (χ4v) is 2.15. The molecule has 0 saturated carbocycles. The summed E-state index contributed by atoms with van der Waals surface area (Å²) in [4.78, 5) is 4.28. The van der Waals surface area contributed by atoms with Crippen LogP contribution in [0.15, 0.2) is 30.6 Å². The van der Waals surface area contributed by atoms with Gasteiger partial charge in [0.25, 0.3) is 0 Å². The van der Waals surface area contributed by atoms with Gasteiger partial charge in [-0.1, -0.05) is 19.1 Å². The van der Waals surface area contributed by atoms with Gasteiger partial charge in [-0.15, -0.1) is 0 Å². The molecule has 4 nitrogen and oxygen atoms in total. The number of rotatable bonds is 4. The average Bonchev–Trinajstić information content (AvgIpc) is 2.86. The maximum Gasteiger partial charge on any atom is 0.133 e. The normalized spacial score (nSPS) is 11.9. The van der Waals surface area contributed by atoms with Crippen molar-refractivity contribution in [1.29, 1.82) is 5.26 Å². The third kappa shape index (κ3) is 2.45. The fourth-order valence-electron chi connectivity index (χ4n) is 2.15. The first kappa shape index (κ1) is 13.2. The molecular weight excluding hydrogens is 238 g/mol. The first-order valence-electron chi connectivity index (χ1n) is 6.24. The van der Waals surface area contributed by atoms with Gasteiger partial charge < -0.3 is 9.30 Å². The zero-order valence-corrected chi connectivity index (χ0v) is 11.4. The highest BCUT2D eigenvalue weighted by molar-refractivity contribution is 5.45. The summed E-state index contributed by atoms with van der Waals surface area (Å²) in [6, 6.07) is 8.29. The first-order chi connectivity index (χ1) is 9.21. The quantitative estimate of drug-likeness (QED) is 0.844. The van der Waals surface area contributed by atoms with Crippen LogP contribution in [0.25, 0.3) is 0 Å². The number of hydrogen-bond acceptors (Lipinski definition) is 3. The molecule has 1 heterocycles. The second-order valence-corrected chi connectivity index (χ2v) is 4.39. The number of imidazole rings is 1. The van der Waals surface area contributed by atoms with Gasteiger partial charge in [-0.25, -0.2) is 4.98 Å². The monoisotopic (exact) mass is 255 g/mol. The van der Waals surface area contributed by atoms with Crippen molar-refractivity contribution in [2.24, 2.45) is 7.05 Å². The number of ether oxygens (including phenoxy) is 1. The molecular formula is C15H17N3O. The Morgan fingerprint density at radius 2 is 2.26 bits per heavy atom. The average molecular weight is 255 g/mol. The number of nitriles is 1. The van der Waals surface area contributed by atoms with E-state index in [1.54, 1.807) is 13.3 Å². The molecule has 0 fully saturated rings. The summed E-state index contributed by atoms with van der Waals surface area (Å²) in [5, 5.41) is 9.50. The van der Waals surface area contributed by atoms with Crippen LogP contribution in [0.2, 0.25) is 0 Å². The van der Waals surface area contributed by atoms with E-state index < -0.39 is 5.92 Å². The van der Waals surface area contributed by atoms with Crippen LogP contribution in [0, 0.1) is 11.3 Å². The molecule has 0 aliphatic heterocycles. The lowest BCUT2D eigenvalue weighted by molar-refractivity contribution is 0.408. The smallest absolute Gasteiger partial charge is 0.133 e. The van der Waals surface area contributed by atoms with Crippen LogP contribution < -0.4 is 4.74 Å². The van der Waals surface area contributed by atoms with Crippen molar-refractivity contribution in [3.63, 3.8) is 0 Å². The van der Waals surface area contributed by atoms with Gasteiger partial charge in [0.1, 0.15) is 17.5 Å². The molecule has 98 valence electrons. The van der Waals surface area contributed by atoms with E-state index in [4.69, 9.17) is 4.74 Å². The van der Waals surface area contributed by atoms with Crippen LogP contribution in [0.1, 0.15) is 29.8 Å². The van der Waals surface area contributed by atoms with E-state index in [2.05, 4.69) is 18.0 Å². The Kier molecular flexibility index (Phi) is 3.86. The number of methoxy groups -OCH3 is 1. The van der Waals surface area contributed by atoms with Crippen LogP contribution >= 0.6 is 0 Å². The molecule has 0 spiro atoms. The summed E-state index contributed by atoms with van der Waals surface area (Å²) in [7, 11) is 3.51. The highest BCUT2D eigenvalue weighted by Gasteiger charge is 2.21. The lowest BCUT2D eigenvalue weighted by atomic mass is 9.96. The molecule has 0 bridgehead atoms. The molecule has 19 heavy (non-hydrogen) atoms. The molecule has 0 aliphatic rings. The van der Waals surface area contributed by atoms with Crippen LogP contribution in [0.4, 0.5) is 0 Å². The molecule has 4 heteroatoms. The number of hydrogen-bond donors (Lipinski definition) is 0. The summed E-state index contributed by atoms with van der Waals surface area (Å²) in [5.41, 5.74) is 2.06. The van der Waals surface area contributed by atoms with Gasteiger partial charge in [0.2, 0.25) is 0 Å². The Bertz CT molecular complexity index is 610. The SMILES string of the molecule is CCc1ccc(OC)c(C(C#N)c2nccn2C)c1. The number of aromatic nitrogens is 2. The van der Waals surface area contributed by atoms with Crippen molar-refractivity contribution in [3.8, 4) is 11.8 Å². The largest absolute Gasteiger partial charge is 0.496 e. The Hall–Kier alpha value is -2.28. The van der Waals surface area contributed by atoms with Gasteiger partial charge >= 0.3 is 0 Å². The summed E-state index contributed by atoms with van der Waals surface area (Å²) in [6.07, 6.45) is 4.47. The van der Waals surface area contributed by atoms with Gasteiger partial charge in [-0.3, -0.25) is 0 Å². The van der Waals surface area contributed by atoms with Gasteiger partial charge in [-0.2, -0.15) is 5.26 Å². The topological polar surface area (TPSA) is 50.8 Å². The van der Waals surface area contributed by atoms with Crippen LogP contribution in [0.5, 0.6) is 5.75 Å². The molecule has 1 aromatic carbocycles. The van der Waals surface area contributed by atoms with Crippen molar-refractivity contribution in [2.75, 3.05) is 7.11 Å². The molecule has 2 rings (SSSR count). The summed E-state index contributed by atoms with van der Waals surface area (Å²) in [5.74, 6) is 1.04. The van der Waals surface area contributed by atoms with Crippen LogP contribution in [-0.2, 0) is 13.5 Å². The van der Waals surface area contributed by atoms with Crippen LogP contribution in [-0.4, -0.2) is 16.7 Å². The maximum atomic E-state index is 9.50. The molecule has 1 atom stereocenters. The molecule has 1 aromatic heterocycles. The van der Waals surface area contributed by atoms with Gasteiger partial charge in [0, 0.05) is 25.0 Å². The van der Waals surface area contributed by atoms with E-state index in [0.29, 0.717) is 0 Å². The van der Waals surface area contributed by atoms with Crippen molar-refractivity contribution in [2.45, 2.75) is 19.3 Å². The Labute approximate surface area is 113 Å². The van der Waals surface area contributed by atoms with E-state index in [1.165, 1.54) is 5.56 Å².